The number of aryl methyl sites for hydroxylation is 2. The van der Waals surface area contributed by atoms with E-state index in [4.69, 9.17) is 9.26 Å². The molecule has 1 saturated carbocycles. The lowest BCUT2D eigenvalue weighted by Gasteiger charge is -2.15. The molecule has 1 aliphatic rings. The van der Waals surface area contributed by atoms with Gasteiger partial charge >= 0.3 is 0 Å². The number of aromatic nitrogens is 4. The van der Waals surface area contributed by atoms with Crippen molar-refractivity contribution in [3.8, 4) is 5.75 Å². The van der Waals surface area contributed by atoms with E-state index in [1.54, 1.807) is 12.3 Å². The van der Waals surface area contributed by atoms with Crippen LogP contribution in [0.3, 0.4) is 0 Å². The highest BCUT2D eigenvalue weighted by molar-refractivity contribution is 5.91. The molecule has 2 N–H and O–H groups in total. The minimum atomic E-state index is -0.186. The van der Waals surface area contributed by atoms with Crippen LogP contribution in [0, 0.1) is 13.8 Å². The van der Waals surface area contributed by atoms with Crippen molar-refractivity contribution < 1.29 is 14.1 Å². The van der Waals surface area contributed by atoms with Gasteiger partial charge in [-0.15, -0.1) is 0 Å². The van der Waals surface area contributed by atoms with Gasteiger partial charge in [-0.2, -0.15) is 5.10 Å². The number of nitrogens with one attached hydrogen (secondary N) is 2. The Labute approximate surface area is 162 Å². The van der Waals surface area contributed by atoms with Crippen LogP contribution in [0.5, 0.6) is 5.75 Å². The monoisotopic (exact) mass is 381 g/mol. The van der Waals surface area contributed by atoms with Crippen LogP contribution in [0.4, 0.5) is 5.82 Å². The topological polar surface area (TPSA) is 106 Å². The highest BCUT2D eigenvalue weighted by Gasteiger charge is 2.29. The second-order valence-electron chi connectivity index (χ2n) is 7.20. The quantitative estimate of drug-likeness (QED) is 0.678. The van der Waals surface area contributed by atoms with Crippen LogP contribution < -0.4 is 10.1 Å². The molecule has 8 heteroatoms. The summed E-state index contributed by atoms with van der Waals surface area (Å²) in [5, 5.41) is 13.8. The van der Waals surface area contributed by atoms with Gasteiger partial charge in [0, 0.05) is 29.9 Å². The maximum Gasteiger partial charge on any atom is 0.233 e. The van der Waals surface area contributed by atoms with Crippen molar-refractivity contribution in [3.63, 3.8) is 0 Å². The number of amides is 1. The van der Waals surface area contributed by atoms with Crippen LogP contribution in [0.25, 0.3) is 0 Å². The van der Waals surface area contributed by atoms with Gasteiger partial charge < -0.3 is 14.6 Å². The van der Waals surface area contributed by atoms with Crippen molar-refractivity contribution in [2.24, 2.45) is 0 Å². The number of nitrogens with zero attached hydrogens (tertiary/aromatic N) is 3. The zero-order chi connectivity index (χ0) is 19.5. The Morgan fingerprint density at radius 3 is 3.04 bits per heavy atom. The number of aromatic amines is 1. The van der Waals surface area contributed by atoms with Crippen molar-refractivity contribution in [1.29, 1.82) is 0 Å². The van der Waals surface area contributed by atoms with E-state index in [9.17, 15) is 4.79 Å². The molecule has 2 atom stereocenters. The molecule has 28 heavy (non-hydrogen) atoms. The van der Waals surface area contributed by atoms with Gasteiger partial charge in [-0.05, 0) is 45.2 Å². The zero-order valence-corrected chi connectivity index (χ0v) is 15.9. The lowest BCUT2D eigenvalue weighted by Crippen LogP contribution is -2.14. The summed E-state index contributed by atoms with van der Waals surface area (Å²) < 4.78 is 11.2. The number of ether oxygens (including phenoxy) is 1. The Bertz CT molecular complexity index is 964. The number of anilines is 1. The molecule has 0 bridgehead atoms. The van der Waals surface area contributed by atoms with E-state index >= 15 is 0 Å². The molecule has 3 aromatic heterocycles. The Hall–Kier alpha value is -3.16. The number of rotatable bonds is 6. The maximum atomic E-state index is 12.1. The SMILES string of the molecule is Cc1cc(CC(=O)Nc2cc([C@@H]3CC[C@H](Oc4cccnc4C)C3)[nH]n2)on1. The molecular weight excluding hydrogens is 358 g/mol. The molecule has 0 aromatic carbocycles. The van der Waals surface area contributed by atoms with Crippen molar-refractivity contribution in [3.05, 3.63) is 53.3 Å². The predicted molar refractivity (Wildman–Crippen MR) is 102 cm³/mol. The molecule has 0 radical (unpaired) electrons. The molecule has 146 valence electrons. The van der Waals surface area contributed by atoms with Crippen LogP contribution in [0.15, 0.2) is 35.0 Å². The molecule has 0 spiro atoms. The van der Waals surface area contributed by atoms with Gasteiger partial charge in [0.2, 0.25) is 5.91 Å². The van der Waals surface area contributed by atoms with Gasteiger partial charge in [0.05, 0.1) is 23.9 Å². The number of hydrogen-bond donors (Lipinski definition) is 2. The molecule has 3 heterocycles. The minimum absolute atomic E-state index is 0.132. The number of carbonyl (C=O) groups excluding carboxylic acids is 1. The molecule has 1 aliphatic carbocycles. The molecule has 0 aliphatic heterocycles. The highest BCUT2D eigenvalue weighted by atomic mass is 16.5. The van der Waals surface area contributed by atoms with Crippen LogP contribution in [0.1, 0.15) is 48.0 Å². The van der Waals surface area contributed by atoms with Crippen LogP contribution in [-0.2, 0) is 11.2 Å². The Morgan fingerprint density at radius 1 is 1.36 bits per heavy atom. The van der Waals surface area contributed by atoms with Crippen molar-refractivity contribution in [1.82, 2.24) is 20.3 Å². The van der Waals surface area contributed by atoms with Gasteiger partial charge in [0.25, 0.3) is 0 Å². The number of carbonyl (C=O) groups is 1. The Kier molecular flexibility index (Phi) is 5.10. The second-order valence-corrected chi connectivity index (χ2v) is 7.20. The van der Waals surface area contributed by atoms with Gasteiger partial charge in [-0.25, -0.2) is 0 Å². The summed E-state index contributed by atoms with van der Waals surface area (Å²) in [5.74, 6) is 2.04. The number of pyridine rings is 1. The third kappa shape index (κ3) is 4.21. The molecule has 0 saturated heterocycles. The Balaban J connectivity index is 1.32. The first-order valence-electron chi connectivity index (χ1n) is 9.42. The number of H-pyrrole nitrogens is 1. The zero-order valence-electron chi connectivity index (χ0n) is 15.9. The van der Waals surface area contributed by atoms with E-state index in [0.717, 1.165) is 42.1 Å². The fourth-order valence-electron chi connectivity index (χ4n) is 3.56. The van der Waals surface area contributed by atoms with Crippen LogP contribution in [0.2, 0.25) is 0 Å². The first kappa shape index (κ1) is 18.2. The largest absolute Gasteiger partial charge is 0.489 e. The number of hydrogen-bond acceptors (Lipinski definition) is 6. The fraction of sp³-hybridized carbons (Fsp3) is 0.400. The molecule has 8 nitrogen and oxygen atoms in total. The van der Waals surface area contributed by atoms with Crippen LogP contribution >= 0.6 is 0 Å². The summed E-state index contributed by atoms with van der Waals surface area (Å²) in [6.45, 7) is 3.77. The van der Waals surface area contributed by atoms with Gasteiger partial charge in [0.15, 0.2) is 5.82 Å². The summed E-state index contributed by atoms with van der Waals surface area (Å²) in [6.07, 6.45) is 4.95. The van der Waals surface area contributed by atoms with Gasteiger partial charge in [0.1, 0.15) is 11.5 Å². The van der Waals surface area contributed by atoms with E-state index in [0.29, 0.717) is 17.5 Å². The summed E-state index contributed by atoms with van der Waals surface area (Å²) in [4.78, 5) is 16.4. The lowest BCUT2D eigenvalue weighted by atomic mass is 10.0. The average molecular weight is 381 g/mol. The average Bonchev–Trinajstić information content (AvgIpc) is 3.39. The van der Waals surface area contributed by atoms with E-state index in [2.05, 4.69) is 25.7 Å². The minimum Gasteiger partial charge on any atom is -0.489 e. The van der Waals surface area contributed by atoms with Crippen molar-refractivity contribution >= 4 is 11.7 Å². The van der Waals surface area contributed by atoms with E-state index in [1.165, 1.54) is 0 Å². The summed E-state index contributed by atoms with van der Waals surface area (Å²) >= 11 is 0. The lowest BCUT2D eigenvalue weighted by molar-refractivity contribution is -0.115. The Morgan fingerprint density at radius 2 is 2.25 bits per heavy atom. The first-order valence-corrected chi connectivity index (χ1v) is 9.42. The predicted octanol–water partition coefficient (Wildman–Crippen LogP) is 3.31. The maximum absolute atomic E-state index is 12.1. The summed E-state index contributed by atoms with van der Waals surface area (Å²) in [5.41, 5.74) is 2.67. The van der Waals surface area contributed by atoms with Crippen molar-refractivity contribution in [2.45, 2.75) is 51.6 Å². The molecule has 0 unspecified atom stereocenters. The normalized spacial score (nSPS) is 18.9. The first-order chi connectivity index (χ1) is 13.6. The van der Waals surface area contributed by atoms with Gasteiger partial charge in [-0.1, -0.05) is 5.16 Å². The van der Waals surface area contributed by atoms with E-state index in [1.807, 2.05) is 32.0 Å². The molecule has 4 rings (SSSR count). The van der Waals surface area contributed by atoms with Gasteiger partial charge in [-0.3, -0.25) is 14.9 Å². The van der Waals surface area contributed by atoms with Crippen LogP contribution in [-0.4, -0.2) is 32.3 Å². The fourth-order valence-corrected chi connectivity index (χ4v) is 3.56. The smallest absolute Gasteiger partial charge is 0.233 e. The third-order valence-corrected chi connectivity index (χ3v) is 4.95. The molecule has 1 amide bonds. The summed E-state index contributed by atoms with van der Waals surface area (Å²) in [7, 11) is 0. The summed E-state index contributed by atoms with van der Waals surface area (Å²) in [6, 6.07) is 7.48. The van der Waals surface area contributed by atoms with E-state index < -0.39 is 0 Å². The molecule has 1 fully saturated rings. The second kappa shape index (κ2) is 7.84. The highest BCUT2D eigenvalue weighted by Crippen LogP contribution is 2.36. The third-order valence-electron chi connectivity index (χ3n) is 4.95. The molecular formula is C20H23N5O3. The van der Waals surface area contributed by atoms with Crippen molar-refractivity contribution in [2.75, 3.05) is 5.32 Å². The molecule has 3 aromatic rings. The van der Waals surface area contributed by atoms with E-state index in [-0.39, 0.29) is 18.4 Å². The standard InChI is InChI=1S/C20H23N5O3/c1-12-8-16(28-25-12)10-20(26)22-19-11-17(23-24-19)14-5-6-15(9-14)27-18-4-3-7-21-13(18)2/h3-4,7-8,11,14-15H,5-6,9-10H2,1-2H3,(H2,22,23,24,26)/t14-,15+/m1/s1.